The topological polar surface area (TPSA) is 144 Å². The standard InChI is InChI=1S/C33H31FN6O6S/c1-19-17-22(46-21-8-4-3-5-9-21)10-11-24(19)40-25-12-14-35-30-26(25)27(37-32(40)43)28(47-30)29(41)36-20-7-6-15-39(18-20)31(42)23(34)13-16-38(2)33(44)45/h3-5,8-14,17,20H,6-7,15-16,18H2,1-2H3,(H,36,41)(H,37,43)(H,44,45)/b23-13-. The minimum Gasteiger partial charge on any atom is -0.465 e. The number of amides is 5. The van der Waals surface area contributed by atoms with Gasteiger partial charge in [-0.15, -0.1) is 11.3 Å². The van der Waals surface area contributed by atoms with E-state index in [1.54, 1.807) is 23.2 Å². The molecule has 0 aliphatic carbocycles. The third kappa shape index (κ3) is 6.45. The highest BCUT2D eigenvalue weighted by molar-refractivity contribution is 7.21. The minimum atomic E-state index is -1.24. The van der Waals surface area contributed by atoms with E-state index in [1.165, 1.54) is 11.9 Å². The first-order chi connectivity index (χ1) is 22.6. The predicted octanol–water partition coefficient (Wildman–Crippen LogP) is 6.26. The molecule has 2 aliphatic rings. The number of carboxylic acid groups (broad SMARTS) is 1. The normalized spacial score (nSPS) is 16.1. The molecule has 0 spiro atoms. The van der Waals surface area contributed by atoms with Crippen LogP contribution in [-0.4, -0.2) is 76.6 Å². The predicted molar refractivity (Wildman–Crippen MR) is 175 cm³/mol. The molecular formula is C33H31FN6O6S. The molecule has 12 nitrogen and oxygen atoms in total. The van der Waals surface area contributed by atoms with E-state index in [1.807, 2.05) is 49.4 Å². The number of nitrogens with zero attached hydrogens (tertiary/aromatic N) is 4. The molecule has 5 amide bonds. The smallest absolute Gasteiger partial charge is 0.407 e. The Kier molecular flexibility index (Phi) is 8.76. The summed E-state index contributed by atoms with van der Waals surface area (Å²) in [5.74, 6) is -1.05. The third-order valence-corrected chi connectivity index (χ3v) is 9.06. The molecule has 3 N–H and O–H groups in total. The van der Waals surface area contributed by atoms with Crippen LogP contribution in [0.1, 0.15) is 28.1 Å². The number of anilines is 3. The molecule has 1 unspecified atom stereocenters. The number of likely N-dealkylation sites (tertiary alicyclic amines) is 1. The van der Waals surface area contributed by atoms with Crippen LogP contribution in [-0.2, 0) is 4.79 Å². The molecule has 4 heterocycles. The Morgan fingerprint density at radius 3 is 2.70 bits per heavy atom. The fourth-order valence-electron chi connectivity index (χ4n) is 5.61. The first-order valence-corrected chi connectivity index (χ1v) is 15.7. The fourth-order valence-corrected chi connectivity index (χ4v) is 6.64. The van der Waals surface area contributed by atoms with Crippen molar-refractivity contribution in [2.45, 2.75) is 25.8 Å². The summed E-state index contributed by atoms with van der Waals surface area (Å²) in [5, 5.41) is 15.4. The van der Waals surface area contributed by atoms with Gasteiger partial charge in [0.15, 0.2) is 5.83 Å². The van der Waals surface area contributed by atoms with Crippen molar-refractivity contribution in [1.29, 1.82) is 0 Å². The number of pyridine rings is 1. The lowest BCUT2D eigenvalue weighted by Gasteiger charge is -2.33. The molecule has 2 aliphatic heterocycles. The maximum absolute atomic E-state index is 14.6. The van der Waals surface area contributed by atoms with E-state index in [9.17, 15) is 23.6 Å². The molecule has 0 radical (unpaired) electrons. The molecule has 2 aromatic carbocycles. The van der Waals surface area contributed by atoms with E-state index in [0.29, 0.717) is 58.2 Å². The van der Waals surface area contributed by atoms with Crippen LogP contribution in [0.15, 0.2) is 72.7 Å². The monoisotopic (exact) mass is 658 g/mol. The highest BCUT2D eigenvalue weighted by Crippen LogP contribution is 2.46. The van der Waals surface area contributed by atoms with E-state index >= 15 is 0 Å². The second kappa shape index (κ2) is 13.1. The Hall–Kier alpha value is -5.50. The number of carbonyl (C=O) groups is 4. The van der Waals surface area contributed by atoms with Gasteiger partial charge in [-0.25, -0.2) is 19.0 Å². The average molecular weight is 659 g/mol. The fraction of sp³-hybridized carbons (Fsp3) is 0.242. The number of carbonyl (C=O) groups excluding carboxylic acids is 3. The van der Waals surface area contributed by atoms with Crippen LogP contribution < -0.4 is 20.3 Å². The number of benzene rings is 2. The number of hydrogen-bond acceptors (Lipinski definition) is 7. The molecule has 1 fully saturated rings. The van der Waals surface area contributed by atoms with Crippen LogP contribution in [0.4, 0.5) is 31.0 Å². The molecule has 4 aromatic rings. The summed E-state index contributed by atoms with van der Waals surface area (Å²) in [4.78, 5) is 59.8. The van der Waals surface area contributed by atoms with Gasteiger partial charge in [-0.05, 0) is 67.8 Å². The number of aryl methyl sites for hydroxylation is 1. The van der Waals surface area contributed by atoms with E-state index in [4.69, 9.17) is 9.84 Å². The lowest BCUT2D eigenvalue weighted by molar-refractivity contribution is -0.130. The summed E-state index contributed by atoms with van der Waals surface area (Å²) in [7, 11) is 1.27. The second-order valence-electron chi connectivity index (χ2n) is 11.2. The van der Waals surface area contributed by atoms with E-state index in [0.717, 1.165) is 27.9 Å². The van der Waals surface area contributed by atoms with Gasteiger partial charge in [-0.1, -0.05) is 18.2 Å². The summed E-state index contributed by atoms with van der Waals surface area (Å²) in [6, 6.07) is 15.7. The van der Waals surface area contributed by atoms with Gasteiger partial charge in [-0.2, -0.15) is 0 Å². The molecule has 0 saturated carbocycles. The van der Waals surface area contributed by atoms with Crippen LogP contribution in [0.3, 0.4) is 0 Å². The summed E-state index contributed by atoms with van der Waals surface area (Å²) in [6.45, 7) is 1.98. The van der Waals surface area contributed by atoms with Gasteiger partial charge in [0.05, 0.1) is 22.4 Å². The van der Waals surface area contributed by atoms with Crippen molar-refractivity contribution < 1.29 is 33.4 Å². The summed E-state index contributed by atoms with van der Waals surface area (Å²) < 4.78 is 20.5. The molecule has 47 heavy (non-hydrogen) atoms. The highest BCUT2D eigenvalue weighted by atomic mass is 32.1. The van der Waals surface area contributed by atoms with Gasteiger partial charge < -0.3 is 30.3 Å². The summed E-state index contributed by atoms with van der Waals surface area (Å²) in [5.41, 5.74) is 2.37. The number of ether oxygens (including phenoxy) is 1. The molecular weight excluding hydrogens is 627 g/mol. The lowest BCUT2D eigenvalue weighted by atomic mass is 10.0. The molecule has 6 rings (SSSR count). The maximum atomic E-state index is 14.6. The van der Waals surface area contributed by atoms with Crippen molar-refractivity contribution in [3.8, 4) is 11.5 Å². The van der Waals surface area contributed by atoms with Crippen molar-refractivity contribution in [2.24, 2.45) is 0 Å². The van der Waals surface area contributed by atoms with E-state index < -0.39 is 35.8 Å². The van der Waals surface area contributed by atoms with Crippen LogP contribution >= 0.6 is 11.3 Å². The Labute approximate surface area is 273 Å². The molecule has 1 saturated heterocycles. The zero-order valence-corrected chi connectivity index (χ0v) is 26.3. The number of hydrogen-bond donors (Lipinski definition) is 3. The summed E-state index contributed by atoms with van der Waals surface area (Å²) in [6.07, 6.45) is 2.37. The van der Waals surface area contributed by atoms with Gasteiger partial charge in [0.2, 0.25) is 0 Å². The number of piperidine rings is 1. The third-order valence-electron chi connectivity index (χ3n) is 7.96. The number of aromatic nitrogens is 1. The van der Waals surface area contributed by atoms with Crippen molar-refractivity contribution >= 4 is 62.6 Å². The van der Waals surface area contributed by atoms with Gasteiger partial charge in [0.25, 0.3) is 11.8 Å². The van der Waals surface area contributed by atoms with Crippen LogP contribution in [0.25, 0.3) is 10.2 Å². The van der Waals surface area contributed by atoms with Gasteiger partial charge in [-0.3, -0.25) is 14.5 Å². The number of para-hydroxylation sites is 1. The number of likely N-dealkylation sites (N-methyl/N-ethyl adjacent to an activating group) is 1. The number of urea groups is 1. The van der Waals surface area contributed by atoms with Crippen molar-refractivity contribution in [3.05, 3.63) is 83.1 Å². The van der Waals surface area contributed by atoms with Gasteiger partial charge in [0.1, 0.15) is 21.2 Å². The number of nitrogens with one attached hydrogen (secondary N) is 2. The lowest BCUT2D eigenvalue weighted by Crippen LogP contribution is -2.49. The maximum Gasteiger partial charge on any atom is 0.407 e. The van der Waals surface area contributed by atoms with Crippen molar-refractivity contribution in [1.82, 2.24) is 20.1 Å². The average Bonchev–Trinajstić information content (AvgIpc) is 3.43. The first-order valence-electron chi connectivity index (χ1n) is 14.9. The van der Waals surface area contributed by atoms with E-state index in [-0.39, 0.29) is 18.0 Å². The molecule has 242 valence electrons. The first kappa shape index (κ1) is 31.5. The van der Waals surface area contributed by atoms with Gasteiger partial charge >= 0.3 is 12.1 Å². The van der Waals surface area contributed by atoms with E-state index in [2.05, 4.69) is 15.6 Å². The Bertz CT molecular complexity index is 1910. The van der Waals surface area contributed by atoms with Crippen LogP contribution in [0, 0.1) is 6.92 Å². The van der Waals surface area contributed by atoms with Gasteiger partial charge in [0, 0.05) is 38.9 Å². The molecule has 2 aromatic heterocycles. The Morgan fingerprint density at radius 2 is 1.96 bits per heavy atom. The number of thiophene rings is 1. The zero-order valence-electron chi connectivity index (χ0n) is 25.5. The van der Waals surface area contributed by atoms with Crippen LogP contribution in [0.5, 0.6) is 11.5 Å². The number of halogens is 1. The molecule has 14 heteroatoms. The largest absolute Gasteiger partial charge is 0.465 e. The minimum absolute atomic E-state index is 0.0771. The Morgan fingerprint density at radius 1 is 1.17 bits per heavy atom. The molecule has 1 atom stereocenters. The second-order valence-corrected chi connectivity index (χ2v) is 12.2. The number of rotatable bonds is 8. The zero-order chi connectivity index (χ0) is 33.2. The molecule has 0 bridgehead atoms. The van der Waals surface area contributed by atoms with Crippen molar-refractivity contribution in [3.63, 3.8) is 0 Å². The Balaban J connectivity index is 1.20. The SMILES string of the molecule is Cc1cc(Oc2ccccc2)ccc1N1C(=O)Nc2c(C(=O)NC3CCCN(C(=O)/C(F)=C/CN(C)C(=O)O)C3)sc3nccc1c23. The van der Waals surface area contributed by atoms with Crippen LogP contribution in [0.2, 0.25) is 0 Å². The van der Waals surface area contributed by atoms with Crippen molar-refractivity contribution in [2.75, 3.05) is 36.9 Å². The summed E-state index contributed by atoms with van der Waals surface area (Å²) >= 11 is 1.14. The highest BCUT2D eigenvalue weighted by Gasteiger charge is 2.34. The quantitative estimate of drug-likeness (QED) is 0.190.